The van der Waals surface area contributed by atoms with E-state index in [4.69, 9.17) is 14.9 Å². The summed E-state index contributed by atoms with van der Waals surface area (Å²) in [6, 6.07) is 3.81. The molecule has 0 saturated heterocycles. The minimum Gasteiger partial charge on any atom is -0.462 e. The summed E-state index contributed by atoms with van der Waals surface area (Å²) in [4.78, 5) is 0. The summed E-state index contributed by atoms with van der Waals surface area (Å²) in [5.74, 6) is 1.66. The molecule has 0 aliphatic carbocycles. The Morgan fingerprint density at radius 1 is 1.27 bits per heavy atom. The minimum absolute atomic E-state index is 0.325. The standard InChI is InChI=1S/C12H21NO2/c1-12(2,3)6-7-14-9-11-5-4-10(8-13)15-11/h4-5H,6-9,13H2,1-3H3. The molecule has 86 valence electrons. The number of ether oxygens (including phenoxy) is 1. The Morgan fingerprint density at radius 3 is 2.47 bits per heavy atom. The maximum Gasteiger partial charge on any atom is 0.129 e. The van der Waals surface area contributed by atoms with Crippen molar-refractivity contribution in [3.63, 3.8) is 0 Å². The first kappa shape index (κ1) is 12.3. The molecule has 1 rings (SSSR count). The van der Waals surface area contributed by atoms with Gasteiger partial charge in [-0.1, -0.05) is 20.8 Å². The zero-order chi connectivity index (χ0) is 11.3. The van der Waals surface area contributed by atoms with Gasteiger partial charge in [-0.15, -0.1) is 0 Å². The monoisotopic (exact) mass is 211 g/mol. The van der Waals surface area contributed by atoms with Crippen molar-refractivity contribution in [1.29, 1.82) is 0 Å². The lowest BCUT2D eigenvalue weighted by Crippen LogP contribution is -2.09. The highest BCUT2D eigenvalue weighted by Crippen LogP contribution is 2.18. The smallest absolute Gasteiger partial charge is 0.129 e. The second-order valence-corrected chi connectivity index (χ2v) is 4.94. The molecule has 0 bridgehead atoms. The number of nitrogens with two attached hydrogens (primary N) is 1. The van der Waals surface area contributed by atoms with Gasteiger partial charge in [-0.25, -0.2) is 0 Å². The van der Waals surface area contributed by atoms with Crippen molar-refractivity contribution in [3.8, 4) is 0 Å². The molecule has 0 saturated carbocycles. The van der Waals surface area contributed by atoms with Crippen LogP contribution in [0.3, 0.4) is 0 Å². The van der Waals surface area contributed by atoms with Crippen LogP contribution in [0.1, 0.15) is 38.7 Å². The van der Waals surface area contributed by atoms with Crippen molar-refractivity contribution < 1.29 is 9.15 Å². The molecule has 0 unspecified atom stereocenters. The molecule has 2 N–H and O–H groups in total. The largest absolute Gasteiger partial charge is 0.462 e. The molecule has 3 heteroatoms. The Morgan fingerprint density at radius 2 is 1.93 bits per heavy atom. The quantitative estimate of drug-likeness (QED) is 0.762. The van der Waals surface area contributed by atoms with Gasteiger partial charge in [-0.3, -0.25) is 0 Å². The zero-order valence-electron chi connectivity index (χ0n) is 9.88. The van der Waals surface area contributed by atoms with Crippen molar-refractivity contribution in [1.82, 2.24) is 0 Å². The van der Waals surface area contributed by atoms with Crippen LogP contribution in [0.2, 0.25) is 0 Å². The zero-order valence-corrected chi connectivity index (χ0v) is 9.88. The molecule has 0 amide bonds. The van der Waals surface area contributed by atoms with Gasteiger partial charge in [0.2, 0.25) is 0 Å². The van der Waals surface area contributed by atoms with Gasteiger partial charge in [0.1, 0.15) is 18.1 Å². The fourth-order valence-corrected chi connectivity index (χ4v) is 1.16. The number of hydrogen-bond acceptors (Lipinski definition) is 3. The predicted octanol–water partition coefficient (Wildman–Crippen LogP) is 2.69. The van der Waals surface area contributed by atoms with Crippen molar-refractivity contribution in [3.05, 3.63) is 23.7 Å². The Labute approximate surface area is 91.6 Å². The fourth-order valence-electron chi connectivity index (χ4n) is 1.16. The summed E-state index contributed by atoms with van der Waals surface area (Å²) >= 11 is 0. The molecular weight excluding hydrogens is 190 g/mol. The van der Waals surface area contributed by atoms with Gasteiger partial charge in [0.05, 0.1) is 6.54 Å². The highest BCUT2D eigenvalue weighted by Gasteiger charge is 2.09. The SMILES string of the molecule is CC(C)(C)CCOCc1ccc(CN)o1. The van der Waals surface area contributed by atoms with Crippen LogP contribution in [-0.4, -0.2) is 6.61 Å². The molecule has 0 aliphatic heterocycles. The van der Waals surface area contributed by atoms with Crippen LogP contribution in [0.15, 0.2) is 16.5 Å². The lowest BCUT2D eigenvalue weighted by molar-refractivity contribution is 0.0837. The second-order valence-electron chi connectivity index (χ2n) is 4.94. The molecule has 0 aromatic carbocycles. The van der Waals surface area contributed by atoms with Crippen LogP contribution in [0.25, 0.3) is 0 Å². The van der Waals surface area contributed by atoms with E-state index in [2.05, 4.69) is 20.8 Å². The van der Waals surface area contributed by atoms with Gasteiger partial charge in [-0.05, 0) is 24.0 Å². The van der Waals surface area contributed by atoms with E-state index in [0.29, 0.717) is 18.6 Å². The number of furan rings is 1. The fraction of sp³-hybridized carbons (Fsp3) is 0.667. The molecule has 15 heavy (non-hydrogen) atoms. The summed E-state index contributed by atoms with van der Waals surface area (Å²) in [5, 5.41) is 0. The van der Waals surface area contributed by atoms with Crippen LogP contribution < -0.4 is 5.73 Å². The topological polar surface area (TPSA) is 48.4 Å². The summed E-state index contributed by atoms with van der Waals surface area (Å²) in [6.07, 6.45) is 1.05. The Bertz CT molecular complexity index is 286. The Balaban J connectivity index is 2.20. The van der Waals surface area contributed by atoms with Gasteiger partial charge in [0.25, 0.3) is 0 Å². The highest BCUT2D eigenvalue weighted by atomic mass is 16.5. The lowest BCUT2D eigenvalue weighted by Gasteiger charge is -2.17. The average molecular weight is 211 g/mol. The van der Waals surface area contributed by atoms with Crippen LogP contribution in [-0.2, 0) is 17.9 Å². The molecule has 0 atom stereocenters. The van der Waals surface area contributed by atoms with Gasteiger partial charge >= 0.3 is 0 Å². The Kier molecular flexibility index (Phi) is 4.36. The first-order valence-corrected chi connectivity index (χ1v) is 5.37. The molecule has 0 aliphatic rings. The predicted molar refractivity (Wildman–Crippen MR) is 60.3 cm³/mol. The van der Waals surface area contributed by atoms with Crippen LogP contribution >= 0.6 is 0 Å². The number of hydrogen-bond donors (Lipinski definition) is 1. The van der Waals surface area contributed by atoms with E-state index in [9.17, 15) is 0 Å². The van der Waals surface area contributed by atoms with Crippen LogP contribution in [0.5, 0.6) is 0 Å². The third kappa shape index (κ3) is 5.00. The van der Waals surface area contributed by atoms with Gasteiger partial charge in [0.15, 0.2) is 0 Å². The summed E-state index contributed by atoms with van der Waals surface area (Å²) < 4.78 is 10.9. The third-order valence-corrected chi connectivity index (χ3v) is 2.16. The van der Waals surface area contributed by atoms with Gasteiger partial charge < -0.3 is 14.9 Å². The minimum atomic E-state index is 0.325. The average Bonchev–Trinajstić information content (AvgIpc) is 2.59. The van der Waals surface area contributed by atoms with E-state index >= 15 is 0 Å². The van der Waals surface area contributed by atoms with E-state index in [-0.39, 0.29) is 0 Å². The van der Waals surface area contributed by atoms with E-state index in [1.54, 1.807) is 0 Å². The molecule has 1 aromatic rings. The first-order chi connectivity index (χ1) is 7.01. The summed E-state index contributed by atoms with van der Waals surface area (Å²) in [6.45, 7) is 8.36. The molecule has 3 nitrogen and oxygen atoms in total. The molecule has 0 radical (unpaired) electrons. The maximum absolute atomic E-state index is 5.52. The molecule has 0 spiro atoms. The molecule has 1 heterocycles. The van der Waals surface area contributed by atoms with Crippen molar-refractivity contribution in [2.75, 3.05) is 6.61 Å². The van der Waals surface area contributed by atoms with E-state index < -0.39 is 0 Å². The lowest BCUT2D eigenvalue weighted by atomic mass is 9.93. The molecular formula is C12H21NO2. The van der Waals surface area contributed by atoms with Crippen LogP contribution in [0, 0.1) is 5.41 Å². The molecule has 0 fully saturated rings. The maximum atomic E-state index is 5.52. The normalized spacial score (nSPS) is 12.0. The number of rotatable bonds is 5. The molecule has 1 aromatic heterocycles. The van der Waals surface area contributed by atoms with Crippen molar-refractivity contribution in [2.45, 2.75) is 40.3 Å². The summed E-state index contributed by atoms with van der Waals surface area (Å²) in [5.41, 5.74) is 5.77. The Hall–Kier alpha value is -0.800. The van der Waals surface area contributed by atoms with Gasteiger partial charge in [-0.2, -0.15) is 0 Å². The van der Waals surface area contributed by atoms with E-state index in [1.807, 2.05) is 12.1 Å². The first-order valence-electron chi connectivity index (χ1n) is 5.37. The van der Waals surface area contributed by atoms with E-state index in [0.717, 1.165) is 24.5 Å². The highest BCUT2D eigenvalue weighted by molar-refractivity contribution is 5.05. The van der Waals surface area contributed by atoms with E-state index in [1.165, 1.54) is 0 Å². The third-order valence-electron chi connectivity index (χ3n) is 2.16. The second kappa shape index (κ2) is 5.33. The van der Waals surface area contributed by atoms with Gasteiger partial charge in [0, 0.05) is 6.61 Å². The van der Waals surface area contributed by atoms with Crippen molar-refractivity contribution in [2.24, 2.45) is 11.1 Å². The summed E-state index contributed by atoms with van der Waals surface area (Å²) in [7, 11) is 0. The van der Waals surface area contributed by atoms with Crippen LogP contribution in [0.4, 0.5) is 0 Å². The van der Waals surface area contributed by atoms with Crippen molar-refractivity contribution >= 4 is 0 Å².